The normalized spacial score (nSPS) is 9.71. The SMILES string of the molecule is Cc1ccc(C(=O)O)cc1NC(=O)c1ccc(C#N)cn1. The van der Waals surface area contributed by atoms with E-state index in [1.807, 2.05) is 6.07 Å². The van der Waals surface area contributed by atoms with Gasteiger partial charge in [0.25, 0.3) is 5.91 Å². The summed E-state index contributed by atoms with van der Waals surface area (Å²) in [4.78, 5) is 26.9. The summed E-state index contributed by atoms with van der Waals surface area (Å²) in [6.45, 7) is 1.76. The van der Waals surface area contributed by atoms with Crippen molar-refractivity contribution in [3.63, 3.8) is 0 Å². The summed E-state index contributed by atoms with van der Waals surface area (Å²) in [7, 11) is 0. The van der Waals surface area contributed by atoms with Gasteiger partial charge in [-0.05, 0) is 36.8 Å². The minimum atomic E-state index is -1.07. The van der Waals surface area contributed by atoms with Gasteiger partial charge in [-0.1, -0.05) is 6.07 Å². The lowest BCUT2D eigenvalue weighted by Gasteiger charge is -2.09. The largest absolute Gasteiger partial charge is 0.478 e. The number of carbonyl (C=O) groups is 2. The third kappa shape index (κ3) is 3.22. The number of carboxylic acid groups (broad SMARTS) is 1. The van der Waals surface area contributed by atoms with Gasteiger partial charge >= 0.3 is 5.97 Å². The number of carbonyl (C=O) groups excluding carboxylic acids is 1. The van der Waals surface area contributed by atoms with Gasteiger partial charge < -0.3 is 10.4 Å². The molecule has 0 unspecified atom stereocenters. The first kappa shape index (κ1) is 14.2. The smallest absolute Gasteiger partial charge is 0.335 e. The number of hydrogen-bond acceptors (Lipinski definition) is 4. The molecule has 2 rings (SSSR count). The van der Waals surface area contributed by atoms with Crippen LogP contribution in [0.15, 0.2) is 36.5 Å². The molecule has 1 aromatic heterocycles. The van der Waals surface area contributed by atoms with E-state index in [4.69, 9.17) is 10.4 Å². The third-order valence-corrected chi connectivity index (χ3v) is 2.86. The fourth-order valence-corrected chi connectivity index (χ4v) is 1.67. The van der Waals surface area contributed by atoms with Gasteiger partial charge in [-0.25, -0.2) is 9.78 Å². The molecule has 2 N–H and O–H groups in total. The molecule has 0 bridgehead atoms. The number of nitriles is 1. The van der Waals surface area contributed by atoms with Crippen molar-refractivity contribution in [2.24, 2.45) is 0 Å². The fraction of sp³-hybridized carbons (Fsp3) is 0.0667. The second-order valence-electron chi connectivity index (χ2n) is 4.33. The van der Waals surface area contributed by atoms with Crippen LogP contribution in [0.5, 0.6) is 0 Å². The zero-order valence-electron chi connectivity index (χ0n) is 11.1. The maximum atomic E-state index is 12.0. The first-order valence-electron chi connectivity index (χ1n) is 6.02. The van der Waals surface area contributed by atoms with Crippen molar-refractivity contribution in [3.05, 3.63) is 58.9 Å². The molecule has 6 heteroatoms. The first-order valence-corrected chi connectivity index (χ1v) is 6.02. The zero-order valence-corrected chi connectivity index (χ0v) is 11.1. The summed E-state index contributed by atoms with van der Waals surface area (Å²) in [6.07, 6.45) is 1.30. The number of rotatable bonds is 3. The van der Waals surface area contributed by atoms with E-state index in [0.29, 0.717) is 11.3 Å². The Morgan fingerprint density at radius 2 is 2.05 bits per heavy atom. The zero-order chi connectivity index (χ0) is 15.4. The summed E-state index contributed by atoms with van der Waals surface area (Å²) >= 11 is 0. The molecule has 0 radical (unpaired) electrons. The van der Waals surface area contributed by atoms with E-state index >= 15 is 0 Å². The molecular formula is C15H11N3O3. The standard InChI is InChI=1S/C15H11N3O3/c1-9-2-4-11(15(20)21)6-13(9)18-14(19)12-5-3-10(7-16)8-17-12/h2-6,8H,1H3,(H,18,19)(H,20,21). The van der Waals surface area contributed by atoms with Crippen molar-refractivity contribution in [1.82, 2.24) is 4.98 Å². The summed E-state index contributed by atoms with van der Waals surface area (Å²) in [5.41, 5.74) is 1.74. The van der Waals surface area contributed by atoms with Gasteiger partial charge in [0.1, 0.15) is 11.8 Å². The highest BCUT2D eigenvalue weighted by molar-refractivity contribution is 6.04. The predicted molar refractivity (Wildman–Crippen MR) is 75.0 cm³/mol. The summed E-state index contributed by atoms with van der Waals surface area (Å²) in [6, 6.07) is 9.31. The lowest BCUT2D eigenvalue weighted by Crippen LogP contribution is -2.15. The Morgan fingerprint density at radius 3 is 2.62 bits per heavy atom. The van der Waals surface area contributed by atoms with Crippen LogP contribution in [0.4, 0.5) is 5.69 Å². The Bertz CT molecular complexity index is 746. The number of pyridine rings is 1. The Balaban J connectivity index is 2.24. The van der Waals surface area contributed by atoms with Crippen LogP contribution in [0.2, 0.25) is 0 Å². The van der Waals surface area contributed by atoms with E-state index < -0.39 is 11.9 Å². The van der Waals surface area contributed by atoms with Crippen molar-refractivity contribution in [3.8, 4) is 6.07 Å². The monoisotopic (exact) mass is 281 g/mol. The average molecular weight is 281 g/mol. The molecule has 0 saturated carbocycles. The second kappa shape index (κ2) is 5.84. The molecule has 0 saturated heterocycles. The minimum absolute atomic E-state index is 0.0867. The molecule has 0 aliphatic rings. The molecule has 0 atom stereocenters. The number of nitrogens with zero attached hydrogens (tertiary/aromatic N) is 2. The first-order chi connectivity index (χ1) is 10.0. The van der Waals surface area contributed by atoms with Crippen molar-refractivity contribution in [1.29, 1.82) is 5.26 Å². The second-order valence-corrected chi connectivity index (χ2v) is 4.33. The highest BCUT2D eigenvalue weighted by Gasteiger charge is 2.11. The fourth-order valence-electron chi connectivity index (χ4n) is 1.67. The molecule has 0 aliphatic heterocycles. The van der Waals surface area contributed by atoms with E-state index in [9.17, 15) is 9.59 Å². The van der Waals surface area contributed by atoms with E-state index in [1.54, 1.807) is 13.0 Å². The number of aromatic nitrogens is 1. The molecular weight excluding hydrogens is 270 g/mol. The van der Waals surface area contributed by atoms with Gasteiger partial charge in [0.05, 0.1) is 11.1 Å². The van der Waals surface area contributed by atoms with E-state index in [2.05, 4.69) is 10.3 Å². The Morgan fingerprint density at radius 1 is 1.29 bits per heavy atom. The quantitative estimate of drug-likeness (QED) is 0.897. The Hall–Kier alpha value is -3.20. The van der Waals surface area contributed by atoms with Crippen LogP contribution in [0.3, 0.4) is 0 Å². The number of amides is 1. The van der Waals surface area contributed by atoms with Gasteiger partial charge in [0.15, 0.2) is 0 Å². The number of carboxylic acids is 1. The van der Waals surface area contributed by atoms with Crippen LogP contribution < -0.4 is 5.32 Å². The number of benzene rings is 1. The number of nitrogens with one attached hydrogen (secondary N) is 1. The highest BCUT2D eigenvalue weighted by Crippen LogP contribution is 2.17. The lowest BCUT2D eigenvalue weighted by atomic mass is 10.1. The van der Waals surface area contributed by atoms with Gasteiger partial charge in [-0.3, -0.25) is 4.79 Å². The third-order valence-electron chi connectivity index (χ3n) is 2.86. The number of aryl methyl sites for hydroxylation is 1. The van der Waals surface area contributed by atoms with E-state index in [0.717, 1.165) is 5.56 Å². The molecule has 2 aromatic rings. The highest BCUT2D eigenvalue weighted by atomic mass is 16.4. The molecule has 1 aromatic carbocycles. The summed E-state index contributed by atoms with van der Waals surface area (Å²) in [5.74, 6) is -1.54. The van der Waals surface area contributed by atoms with Crippen LogP contribution in [-0.2, 0) is 0 Å². The van der Waals surface area contributed by atoms with Crippen molar-refractivity contribution in [2.45, 2.75) is 6.92 Å². The van der Waals surface area contributed by atoms with Crippen LogP contribution in [0, 0.1) is 18.3 Å². The topological polar surface area (TPSA) is 103 Å². The Labute approximate surface area is 120 Å². The van der Waals surface area contributed by atoms with Gasteiger partial charge in [-0.15, -0.1) is 0 Å². The van der Waals surface area contributed by atoms with Gasteiger partial charge in [0, 0.05) is 11.9 Å². The van der Waals surface area contributed by atoms with E-state index in [1.165, 1.54) is 30.5 Å². The number of hydrogen-bond donors (Lipinski definition) is 2. The van der Waals surface area contributed by atoms with Gasteiger partial charge in [0.2, 0.25) is 0 Å². The molecule has 0 fully saturated rings. The molecule has 104 valence electrons. The van der Waals surface area contributed by atoms with Crippen LogP contribution in [0.25, 0.3) is 0 Å². The summed E-state index contributed by atoms with van der Waals surface area (Å²) in [5, 5.41) is 20.2. The molecule has 6 nitrogen and oxygen atoms in total. The minimum Gasteiger partial charge on any atom is -0.478 e. The number of anilines is 1. The van der Waals surface area contributed by atoms with Crippen molar-refractivity contribution in [2.75, 3.05) is 5.32 Å². The lowest BCUT2D eigenvalue weighted by molar-refractivity contribution is 0.0696. The molecule has 0 spiro atoms. The van der Waals surface area contributed by atoms with Crippen LogP contribution >= 0.6 is 0 Å². The van der Waals surface area contributed by atoms with Crippen LogP contribution in [0.1, 0.15) is 32.0 Å². The maximum absolute atomic E-state index is 12.0. The molecule has 0 aliphatic carbocycles. The molecule has 21 heavy (non-hydrogen) atoms. The molecule has 1 heterocycles. The van der Waals surface area contributed by atoms with E-state index in [-0.39, 0.29) is 11.3 Å². The predicted octanol–water partition coefficient (Wildman–Crippen LogP) is 2.21. The van der Waals surface area contributed by atoms with Crippen molar-refractivity contribution < 1.29 is 14.7 Å². The average Bonchev–Trinajstić information content (AvgIpc) is 2.49. The summed E-state index contributed by atoms with van der Waals surface area (Å²) < 4.78 is 0. The molecule has 1 amide bonds. The Kier molecular flexibility index (Phi) is 3.95. The maximum Gasteiger partial charge on any atom is 0.335 e. The van der Waals surface area contributed by atoms with Gasteiger partial charge in [-0.2, -0.15) is 5.26 Å². The van der Waals surface area contributed by atoms with Crippen LogP contribution in [-0.4, -0.2) is 22.0 Å². The van der Waals surface area contributed by atoms with Crippen molar-refractivity contribution >= 4 is 17.6 Å². The number of aromatic carboxylic acids is 1.